The van der Waals surface area contributed by atoms with Gasteiger partial charge in [-0.25, -0.2) is 5.43 Å². The molecule has 1 atom stereocenters. The molecule has 3 nitrogen and oxygen atoms in total. The number of rotatable bonds is 4. The number of ether oxygens (including phenoxy) is 1. The predicted octanol–water partition coefficient (Wildman–Crippen LogP) is 3.38. The highest BCUT2D eigenvalue weighted by molar-refractivity contribution is 9.11. The second-order valence-corrected chi connectivity index (χ2v) is 6.46. The number of hydrogen-bond donors (Lipinski definition) is 2. The summed E-state index contributed by atoms with van der Waals surface area (Å²) in [5.74, 6) is 6.56. The van der Waals surface area contributed by atoms with E-state index >= 15 is 0 Å². The van der Waals surface area contributed by atoms with Crippen molar-refractivity contribution < 1.29 is 4.74 Å². The van der Waals surface area contributed by atoms with Crippen molar-refractivity contribution in [1.29, 1.82) is 0 Å². The largest absolute Gasteiger partial charge is 0.497 e. The van der Waals surface area contributed by atoms with Crippen molar-refractivity contribution in [2.45, 2.75) is 13.0 Å². The van der Waals surface area contributed by atoms with Gasteiger partial charge in [0.1, 0.15) is 5.75 Å². The van der Waals surface area contributed by atoms with Gasteiger partial charge in [-0.05, 0) is 58.2 Å². The zero-order chi connectivity index (χ0) is 13.1. The van der Waals surface area contributed by atoms with Crippen LogP contribution in [0.3, 0.4) is 0 Å². The van der Waals surface area contributed by atoms with Crippen LogP contribution in [0, 0.1) is 6.92 Å². The van der Waals surface area contributed by atoms with Crippen LogP contribution in [0.25, 0.3) is 0 Å². The molecule has 18 heavy (non-hydrogen) atoms. The third kappa shape index (κ3) is 2.75. The molecule has 1 aromatic carbocycles. The van der Waals surface area contributed by atoms with E-state index in [0.29, 0.717) is 0 Å². The third-order valence-corrected chi connectivity index (χ3v) is 4.52. The molecule has 0 aliphatic rings. The van der Waals surface area contributed by atoms with Crippen molar-refractivity contribution in [3.05, 3.63) is 50.1 Å². The molecule has 0 amide bonds. The fraction of sp³-hybridized carbons (Fsp3) is 0.231. The number of halogens is 1. The molecular weight excluding hydrogens is 312 g/mol. The fourth-order valence-corrected chi connectivity index (χ4v) is 3.41. The minimum Gasteiger partial charge on any atom is -0.497 e. The Morgan fingerprint density at radius 1 is 1.33 bits per heavy atom. The average molecular weight is 327 g/mol. The molecule has 1 heterocycles. The summed E-state index contributed by atoms with van der Waals surface area (Å²) in [6, 6.07) is 10.1. The number of hydrogen-bond acceptors (Lipinski definition) is 4. The summed E-state index contributed by atoms with van der Waals surface area (Å²) in [4.78, 5) is 1.18. The molecule has 0 saturated heterocycles. The van der Waals surface area contributed by atoms with E-state index in [1.54, 1.807) is 18.4 Å². The summed E-state index contributed by atoms with van der Waals surface area (Å²) >= 11 is 5.15. The minimum absolute atomic E-state index is 0.00667. The van der Waals surface area contributed by atoms with Crippen molar-refractivity contribution in [2.75, 3.05) is 7.11 Å². The Balaban J connectivity index is 2.39. The van der Waals surface area contributed by atoms with Gasteiger partial charge in [0.2, 0.25) is 0 Å². The Morgan fingerprint density at radius 3 is 2.61 bits per heavy atom. The van der Waals surface area contributed by atoms with E-state index in [0.717, 1.165) is 20.7 Å². The summed E-state index contributed by atoms with van der Waals surface area (Å²) in [5.41, 5.74) is 5.19. The first-order chi connectivity index (χ1) is 8.65. The Hall–Kier alpha value is -0.880. The Kier molecular flexibility index (Phi) is 4.40. The monoisotopic (exact) mass is 326 g/mol. The quantitative estimate of drug-likeness (QED) is 0.668. The molecule has 0 bridgehead atoms. The Bertz CT molecular complexity index is 542. The molecule has 0 aliphatic heterocycles. The molecule has 0 saturated carbocycles. The molecule has 5 heteroatoms. The standard InChI is InChI=1S/C13H15BrN2OS/c1-8-7-9(17-2)3-4-10(8)13(16-15)11-5-6-12(14)18-11/h3-7,13,16H,15H2,1-2H3. The van der Waals surface area contributed by atoms with Crippen LogP contribution in [-0.2, 0) is 0 Å². The van der Waals surface area contributed by atoms with E-state index in [1.165, 1.54) is 4.88 Å². The van der Waals surface area contributed by atoms with Gasteiger partial charge in [-0.3, -0.25) is 5.84 Å². The number of nitrogens with one attached hydrogen (secondary N) is 1. The first-order valence-electron chi connectivity index (χ1n) is 5.51. The molecule has 0 fully saturated rings. The van der Waals surface area contributed by atoms with Crippen LogP contribution in [0.4, 0.5) is 0 Å². The lowest BCUT2D eigenvalue weighted by atomic mass is 10.0. The van der Waals surface area contributed by atoms with Gasteiger partial charge >= 0.3 is 0 Å². The number of benzene rings is 1. The second kappa shape index (κ2) is 5.84. The second-order valence-electron chi connectivity index (χ2n) is 3.96. The number of thiophene rings is 1. The van der Waals surface area contributed by atoms with Crippen LogP contribution in [0.1, 0.15) is 22.0 Å². The van der Waals surface area contributed by atoms with Crippen molar-refractivity contribution >= 4 is 27.3 Å². The summed E-state index contributed by atoms with van der Waals surface area (Å²) in [6.07, 6.45) is 0. The molecule has 2 aromatic rings. The predicted molar refractivity (Wildman–Crippen MR) is 78.9 cm³/mol. The van der Waals surface area contributed by atoms with Crippen molar-refractivity contribution in [3.63, 3.8) is 0 Å². The maximum absolute atomic E-state index is 5.70. The fourth-order valence-electron chi connectivity index (χ4n) is 1.91. The maximum atomic E-state index is 5.70. The van der Waals surface area contributed by atoms with E-state index in [-0.39, 0.29) is 6.04 Å². The van der Waals surface area contributed by atoms with E-state index in [9.17, 15) is 0 Å². The van der Waals surface area contributed by atoms with Crippen LogP contribution < -0.4 is 16.0 Å². The smallest absolute Gasteiger partial charge is 0.119 e. The molecule has 96 valence electrons. The molecule has 0 radical (unpaired) electrons. The molecule has 2 rings (SSSR count). The van der Waals surface area contributed by atoms with Gasteiger partial charge in [-0.15, -0.1) is 11.3 Å². The summed E-state index contributed by atoms with van der Waals surface area (Å²) in [6.45, 7) is 2.06. The highest BCUT2D eigenvalue weighted by Gasteiger charge is 2.16. The van der Waals surface area contributed by atoms with Gasteiger partial charge in [0.05, 0.1) is 16.9 Å². The number of methoxy groups -OCH3 is 1. The van der Waals surface area contributed by atoms with Crippen LogP contribution in [0.2, 0.25) is 0 Å². The zero-order valence-electron chi connectivity index (χ0n) is 10.2. The van der Waals surface area contributed by atoms with Gasteiger partial charge < -0.3 is 4.74 Å². The molecule has 0 spiro atoms. The van der Waals surface area contributed by atoms with E-state index < -0.39 is 0 Å². The lowest BCUT2D eigenvalue weighted by Crippen LogP contribution is -2.28. The number of nitrogens with two attached hydrogens (primary N) is 1. The first kappa shape index (κ1) is 13.5. The minimum atomic E-state index is 0.00667. The van der Waals surface area contributed by atoms with Gasteiger partial charge in [0.25, 0.3) is 0 Å². The van der Waals surface area contributed by atoms with E-state index in [1.807, 2.05) is 24.3 Å². The number of aryl methyl sites for hydroxylation is 1. The van der Waals surface area contributed by atoms with Crippen LogP contribution in [0.5, 0.6) is 5.75 Å². The van der Waals surface area contributed by atoms with Crippen LogP contribution >= 0.6 is 27.3 Å². The Morgan fingerprint density at radius 2 is 2.11 bits per heavy atom. The molecule has 1 unspecified atom stereocenters. The third-order valence-electron chi connectivity index (χ3n) is 2.83. The lowest BCUT2D eigenvalue weighted by molar-refractivity contribution is 0.414. The normalized spacial score (nSPS) is 12.4. The molecule has 0 aliphatic carbocycles. The maximum Gasteiger partial charge on any atom is 0.119 e. The lowest BCUT2D eigenvalue weighted by Gasteiger charge is -2.17. The van der Waals surface area contributed by atoms with Gasteiger partial charge in [-0.2, -0.15) is 0 Å². The van der Waals surface area contributed by atoms with E-state index in [4.69, 9.17) is 10.6 Å². The van der Waals surface area contributed by atoms with E-state index in [2.05, 4.69) is 34.3 Å². The first-order valence-corrected chi connectivity index (χ1v) is 7.12. The molecule has 1 aromatic heterocycles. The van der Waals surface area contributed by atoms with Crippen LogP contribution in [0.15, 0.2) is 34.1 Å². The Labute approximate surface area is 119 Å². The molecular formula is C13H15BrN2OS. The SMILES string of the molecule is COc1ccc(C(NN)c2ccc(Br)s2)c(C)c1. The van der Waals surface area contributed by atoms with Gasteiger partial charge in [0.15, 0.2) is 0 Å². The van der Waals surface area contributed by atoms with Crippen molar-refractivity contribution in [3.8, 4) is 5.75 Å². The summed E-state index contributed by atoms with van der Waals surface area (Å²) in [7, 11) is 1.67. The summed E-state index contributed by atoms with van der Waals surface area (Å²) < 4.78 is 6.32. The van der Waals surface area contributed by atoms with Gasteiger partial charge in [-0.1, -0.05) is 6.07 Å². The van der Waals surface area contributed by atoms with Gasteiger partial charge in [0, 0.05) is 4.88 Å². The highest BCUT2D eigenvalue weighted by Crippen LogP contribution is 2.33. The summed E-state index contributed by atoms with van der Waals surface area (Å²) in [5, 5.41) is 0. The highest BCUT2D eigenvalue weighted by atomic mass is 79.9. The average Bonchev–Trinajstić information content (AvgIpc) is 2.78. The zero-order valence-corrected chi connectivity index (χ0v) is 12.6. The molecule has 3 N–H and O–H groups in total. The van der Waals surface area contributed by atoms with Crippen molar-refractivity contribution in [2.24, 2.45) is 5.84 Å². The van der Waals surface area contributed by atoms with Crippen LogP contribution in [-0.4, -0.2) is 7.11 Å². The topological polar surface area (TPSA) is 47.3 Å². The number of hydrazine groups is 1. The van der Waals surface area contributed by atoms with Crippen molar-refractivity contribution in [1.82, 2.24) is 5.43 Å².